The molecule has 1 aromatic heterocycles. The first-order chi connectivity index (χ1) is 12.2. The van der Waals surface area contributed by atoms with Crippen molar-refractivity contribution in [3.63, 3.8) is 0 Å². The highest BCUT2D eigenvalue weighted by Crippen LogP contribution is 2.34. The number of piperidine rings is 1. The number of aliphatic hydroxyl groups is 1. The second kappa shape index (κ2) is 7.66. The zero-order valence-electron chi connectivity index (χ0n) is 14.5. The predicted octanol–water partition coefficient (Wildman–Crippen LogP) is 3.50. The van der Waals surface area contributed by atoms with Crippen LogP contribution in [-0.2, 0) is 0 Å². The normalized spacial score (nSPS) is 16.5. The molecule has 0 atom stereocenters. The van der Waals surface area contributed by atoms with Crippen LogP contribution in [0.4, 0.5) is 0 Å². The van der Waals surface area contributed by atoms with Crippen LogP contribution in [0.3, 0.4) is 0 Å². The molecule has 1 N–H and O–H groups in total. The number of nitrogens with zero attached hydrogens (tertiary/aromatic N) is 2. The summed E-state index contributed by atoms with van der Waals surface area (Å²) in [6, 6.07) is 10.8. The summed E-state index contributed by atoms with van der Waals surface area (Å²) in [5.74, 6) is 1.34. The molecule has 1 aliphatic rings. The zero-order valence-corrected chi connectivity index (χ0v) is 14.5. The SMILES string of the molecule is CCC1(CO)CCN(C(=O)c2cccc(Oc3ccncc3)c2)CC1. The summed E-state index contributed by atoms with van der Waals surface area (Å²) >= 11 is 0. The fourth-order valence-corrected chi connectivity index (χ4v) is 3.23. The molecule has 0 spiro atoms. The van der Waals surface area contributed by atoms with Crippen molar-refractivity contribution in [2.75, 3.05) is 19.7 Å². The van der Waals surface area contributed by atoms with Crippen LogP contribution < -0.4 is 4.74 Å². The van der Waals surface area contributed by atoms with Crippen molar-refractivity contribution >= 4 is 5.91 Å². The summed E-state index contributed by atoms with van der Waals surface area (Å²) < 4.78 is 5.78. The largest absolute Gasteiger partial charge is 0.457 e. The Morgan fingerprint density at radius 2 is 1.92 bits per heavy atom. The maximum Gasteiger partial charge on any atom is 0.253 e. The molecule has 1 aromatic carbocycles. The average molecular weight is 340 g/mol. The van der Waals surface area contributed by atoms with Gasteiger partial charge in [0.1, 0.15) is 11.5 Å². The Morgan fingerprint density at radius 3 is 2.56 bits per heavy atom. The highest BCUT2D eigenvalue weighted by molar-refractivity contribution is 5.94. The van der Waals surface area contributed by atoms with Crippen molar-refractivity contribution in [1.29, 1.82) is 0 Å². The number of carbonyl (C=O) groups excluding carboxylic acids is 1. The van der Waals surface area contributed by atoms with Crippen molar-refractivity contribution < 1.29 is 14.6 Å². The molecule has 5 heteroatoms. The van der Waals surface area contributed by atoms with Gasteiger partial charge in [-0.3, -0.25) is 9.78 Å². The summed E-state index contributed by atoms with van der Waals surface area (Å²) in [6.45, 7) is 3.67. The molecular formula is C20H24N2O3. The van der Waals surface area contributed by atoms with Crippen molar-refractivity contribution in [3.8, 4) is 11.5 Å². The number of ether oxygens (including phenoxy) is 1. The number of aliphatic hydroxyl groups excluding tert-OH is 1. The number of pyridine rings is 1. The van der Waals surface area contributed by atoms with Crippen molar-refractivity contribution in [2.45, 2.75) is 26.2 Å². The first-order valence-electron chi connectivity index (χ1n) is 8.74. The van der Waals surface area contributed by atoms with E-state index in [1.807, 2.05) is 23.1 Å². The van der Waals surface area contributed by atoms with E-state index >= 15 is 0 Å². The maximum absolute atomic E-state index is 12.8. The topological polar surface area (TPSA) is 62.7 Å². The Hall–Kier alpha value is -2.40. The van der Waals surface area contributed by atoms with Crippen LogP contribution in [0.15, 0.2) is 48.8 Å². The van der Waals surface area contributed by atoms with Gasteiger partial charge in [-0.25, -0.2) is 0 Å². The second-order valence-electron chi connectivity index (χ2n) is 6.62. The van der Waals surface area contributed by atoms with E-state index in [9.17, 15) is 9.90 Å². The number of likely N-dealkylation sites (tertiary alicyclic amines) is 1. The lowest BCUT2D eigenvalue weighted by Crippen LogP contribution is -2.44. The summed E-state index contributed by atoms with van der Waals surface area (Å²) in [5, 5.41) is 9.64. The molecule has 0 radical (unpaired) electrons. The number of benzene rings is 1. The molecule has 25 heavy (non-hydrogen) atoms. The van der Waals surface area contributed by atoms with E-state index in [4.69, 9.17) is 4.74 Å². The van der Waals surface area contributed by atoms with Gasteiger partial charge < -0.3 is 14.7 Å². The van der Waals surface area contributed by atoms with Gasteiger partial charge in [0.05, 0.1) is 0 Å². The van der Waals surface area contributed by atoms with E-state index in [-0.39, 0.29) is 17.9 Å². The number of rotatable bonds is 5. The number of aromatic nitrogens is 1. The summed E-state index contributed by atoms with van der Waals surface area (Å²) in [5.41, 5.74) is 0.600. The lowest BCUT2D eigenvalue weighted by molar-refractivity contribution is 0.0338. The second-order valence-corrected chi connectivity index (χ2v) is 6.62. The minimum Gasteiger partial charge on any atom is -0.457 e. The van der Waals surface area contributed by atoms with Crippen LogP contribution in [-0.4, -0.2) is 40.6 Å². The molecule has 2 aromatic rings. The molecule has 0 bridgehead atoms. The number of hydrogen-bond acceptors (Lipinski definition) is 4. The van der Waals surface area contributed by atoms with E-state index in [2.05, 4.69) is 11.9 Å². The van der Waals surface area contributed by atoms with E-state index in [1.54, 1.807) is 30.6 Å². The van der Waals surface area contributed by atoms with E-state index in [0.29, 0.717) is 30.2 Å². The van der Waals surface area contributed by atoms with E-state index in [1.165, 1.54) is 0 Å². The number of amides is 1. The molecule has 3 rings (SSSR count). The molecule has 0 saturated carbocycles. The van der Waals surface area contributed by atoms with Crippen LogP contribution in [0.25, 0.3) is 0 Å². The monoisotopic (exact) mass is 340 g/mol. The fraction of sp³-hybridized carbons (Fsp3) is 0.400. The summed E-state index contributed by atoms with van der Waals surface area (Å²) in [4.78, 5) is 18.6. The Balaban J connectivity index is 1.68. The van der Waals surface area contributed by atoms with Crippen molar-refractivity contribution in [3.05, 3.63) is 54.4 Å². The third-order valence-corrected chi connectivity index (χ3v) is 5.16. The summed E-state index contributed by atoms with van der Waals surface area (Å²) in [6.07, 6.45) is 5.97. The molecule has 1 saturated heterocycles. The lowest BCUT2D eigenvalue weighted by Gasteiger charge is -2.40. The minimum absolute atomic E-state index is 0.0165. The lowest BCUT2D eigenvalue weighted by atomic mass is 9.77. The van der Waals surface area contributed by atoms with Gasteiger partial charge in [-0.1, -0.05) is 13.0 Å². The van der Waals surface area contributed by atoms with Crippen LogP contribution in [0.5, 0.6) is 11.5 Å². The Bertz CT molecular complexity index is 704. The van der Waals surface area contributed by atoms with Gasteiger partial charge in [-0.05, 0) is 55.0 Å². The molecule has 1 aliphatic heterocycles. The van der Waals surface area contributed by atoms with Crippen molar-refractivity contribution in [1.82, 2.24) is 9.88 Å². The summed E-state index contributed by atoms with van der Waals surface area (Å²) in [7, 11) is 0. The molecule has 2 heterocycles. The van der Waals surface area contributed by atoms with E-state index < -0.39 is 0 Å². The Labute approximate surface area is 148 Å². The highest BCUT2D eigenvalue weighted by Gasteiger charge is 2.34. The van der Waals surface area contributed by atoms with Gasteiger partial charge in [-0.2, -0.15) is 0 Å². The van der Waals surface area contributed by atoms with Gasteiger partial charge in [-0.15, -0.1) is 0 Å². The minimum atomic E-state index is -0.0247. The number of hydrogen-bond donors (Lipinski definition) is 1. The predicted molar refractivity (Wildman–Crippen MR) is 95.7 cm³/mol. The molecule has 1 amide bonds. The highest BCUT2D eigenvalue weighted by atomic mass is 16.5. The zero-order chi connectivity index (χ0) is 17.7. The third kappa shape index (κ3) is 3.99. The molecule has 132 valence electrons. The quantitative estimate of drug-likeness (QED) is 0.905. The third-order valence-electron chi connectivity index (χ3n) is 5.16. The first kappa shape index (κ1) is 17.4. The first-order valence-corrected chi connectivity index (χ1v) is 8.74. The van der Waals surface area contributed by atoms with E-state index in [0.717, 1.165) is 19.3 Å². The standard InChI is InChI=1S/C20H24N2O3/c1-2-20(15-23)8-12-22(13-9-20)19(24)16-4-3-5-18(14-16)25-17-6-10-21-11-7-17/h3-7,10-11,14,23H,2,8-9,12-13,15H2,1H3. The van der Waals surface area contributed by atoms with Crippen LogP contribution >= 0.6 is 0 Å². The molecular weight excluding hydrogens is 316 g/mol. The molecule has 1 fully saturated rings. The van der Waals surface area contributed by atoms with Gasteiger partial charge in [0.2, 0.25) is 0 Å². The van der Waals surface area contributed by atoms with Gasteiger partial charge in [0, 0.05) is 37.7 Å². The molecule has 5 nitrogen and oxygen atoms in total. The fourth-order valence-electron chi connectivity index (χ4n) is 3.23. The van der Waals surface area contributed by atoms with Gasteiger partial charge in [0.25, 0.3) is 5.91 Å². The van der Waals surface area contributed by atoms with Crippen LogP contribution in [0, 0.1) is 5.41 Å². The average Bonchev–Trinajstić information content (AvgIpc) is 2.68. The van der Waals surface area contributed by atoms with Gasteiger partial charge in [0.15, 0.2) is 0 Å². The van der Waals surface area contributed by atoms with Crippen molar-refractivity contribution in [2.24, 2.45) is 5.41 Å². The van der Waals surface area contributed by atoms with Crippen LogP contribution in [0.1, 0.15) is 36.5 Å². The number of carbonyl (C=O) groups is 1. The Morgan fingerprint density at radius 1 is 1.20 bits per heavy atom. The Kier molecular flexibility index (Phi) is 5.34. The molecule has 0 unspecified atom stereocenters. The molecule has 0 aliphatic carbocycles. The smallest absolute Gasteiger partial charge is 0.253 e. The van der Waals surface area contributed by atoms with Gasteiger partial charge >= 0.3 is 0 Å². The maximum atomic E-state index is 12.8. The van der Waals surface area contributed by atoms with Crippen LogP contribution in [0.2, 0.25) is 0 Å².